The van der Waals surface area contributed by atoms with Crippen molar-refractivity contribution in [2.24, 2.45) is 10.9 Å². The molecule has 1 fully saturated rings. The van der Waals surface area contributed by atoms with Crippen LogP contribution in [0.3, 0.4) is 0 Å². The number of thiophene rings is 1. The maximum absolute atomic E-state index is 4.26. The van der Waals surface area contributed by atoms with Crippen LogP contribution in [0.1, 0.15) is 31.1 Å². The van der Waals surface area contributed by atoms with Gasteiger partial charge in [0, 0.05) is 18.0 Å². The molecule has 2 rings (SSSR count). The van der Waals surface area contributed by atoms with E-state index in [-0.39, 0.29) is 24.0 Å². The molecule has 5 heteroatoms. The summed E-state index contributed by atoms with van der Waals surface area (Å²) in [5.41, 5.74) is 0. The molecule has 0 amide bonds. The first-order chi connectivity index (χ1) is 8.33. The third kappa shape index (κ3) is 4.76. The molecule has 0 radical (unpaired) electrons. The van der Waals surface area contributed by atoms with Crippen molar-refractivity contribution in [3.8, 4) is 0 Å². The molecule has 1 aliphatic carbocycles. The van der Waals surface area contributed by atoms with E-state index in [9.17, 15) is 0 Å². The number of guanidine groups is 1. The molecule has 18 heavy (non-hydrogen) atoms. The molecule has 102 valence electrons. The van der Waals surface area contributed by atoms with Crippen LogP contribution in [0.2, 0.25) is 0 Å². The van der Waals surface area contributed by atoms with Gasteiger partial charge in [-0.2, -0.15) is 0 Å². The lowest BCUT2D eigenvalue weighted by Gasteiger charge is -2.10. The summed E-state index contributed by atoms with van der Waals surface area (Å²) in [5.74, 6) is 1.79. The molecule has 0 bridgehead atoms. The molecule has 1 heterocycles. The first-order valence-electron chi connectivity index (χ1n) is 6.33. The summed E-state index contributed by atoms with van der Waals surface area (Å²) < 4.78 is 0. The van der Waals surface area contributed by atoms with Crippen LogP contribution in [-0.2, 0) is 6.54 Å². The highest BCUT2D eigenvalue weighted by Crippen LogP contribution is 2.34. The normalized spacial score (nSPS) is 22.2. The second-order valence-electron chi connectivity index (χ2n) is 4.54. The van der Waals surface area contributed by atoms with Gasteiger partial charge in [0.1, 0.15) is 0 Å². The molecule has 0 spiro atoms. The fraction of sp³-hybridized carbons (Fsp3) is 0.615. The smallest absolute Gasteiger partial charge is 0.191 e. The minimum absolute atomic E-state index is 0. The van der Waals surface area contributed by atoms with E-state index in [4.69, 9.17) is 0 Å². The van der Waals surface area contributed by atoms with E-state index in [0.717, 1.165) is 18.4 Å². The third-order valence-corrected chi connectivity index (χ3v) is 4.01. The molecule has 2 N–H and O–H groups in total. The molecule has 0 saturated heterocycles. The Labute approximate surface area is 130 Å². The Kier molecular flexibility index (Phi) is 6.99. The Hall–Kier alpha value is -0.300. The summed E-state index contributed by atoms with van der Waals surface area (Å²) in [6.45, 7) is 3.11. The minimum atomic E-state index is 0. The lowest BCUT2D eigenvalue weighted by atomic mass is 10.2. The van der Waals surface area contributed by atoms with E-state index in [1.165, 1.54) is 24.1 Å². The van der Waals surface area contributed by atoms with Gasteiger partial charge in [-0.05, 0) is 30.2 Å². The van der Waals surface area contributed by atoms with Crippen molar-refractivity contribution in [1.29, 1.82) is 0 Å². The Balaban J connectivity index is 0.00000162. The van der Waals surface area contributed by atoms with E-state index < -0.39 is 0 Å². The summed E-state index contributed by atoms with van der Waals surface area (Å²) in [7, 11) is 1.83. The van der Waals surface area contributed by atoms with Gasteiger partial charge in [0.15, 0.2) is 5.96 Å². The zero-order valence-electron chi connectivity index (χ0n) is 11.0. The van der Waals surface area contributed by atoms with Crippen molar-refractivity contribution in [3.05, 3.63) is 22.4 Å². The summed E-state index contributed by atoms with van der Waals surface area (Å²) in [6, 6.07) is 4.86. The molecule has 2 atom stereocenters. The summed E-state index contributed by atoms with van der Waals surface area (Å²) >= 11 is 1.77. The summed E-state index contributed by atoms with van der Waals surface area (Å²) in [4.78, 5) is 5.60. The van der Waals surface area contributed by atoms with Gasteiger partial charge in [0.25, 0.3) is 0 Å². The number of aliphatic imine (C=N–C) groups is 1. The number of rotatable bonds is 5. The van der Waals surface area contributed by atoms with Crippen LogP contribution in [0.5, 0.6) is 0 Å². The van der Waals surface area contributed by atoms with Crippen LogP contribution in [0.4, 0.5) is 0 Å². The average molecular weight is 379 g/mol. The second-order valence-corrected chi connectivity index (χ2v) is 5.57. The fourth-order valence-corrected chi connectivity index (χ4v) is 2.71. The second kappa shape index (κ2) is 7.99. The van der Waals surface area contributed by atoms with Crippen LogP contribution in [0, 0.1) is 5.92 Å². The summed E-state index contributed by atoms with van der Waals surface area (Å²) in [6.07, 6.45) is 3.91. The Morgan fingerprint density at radius 1 is 1.56 bits per heavy atom. The Morgan fingerprint density at radius 3 is 3.00 bits per heavy atom. The molecular weight excluding hydrogens is 357 g/mol. The zero-order valence-corrected chi connectivity index (χ0v) is 14.1. The topological polar surface area (TPSA) is 36.4 Å². The van der Waals surface area contributed by atoms with Gasteiger partial charge in [0.05, 0.1) is 6.54 Å². The van der Waals surface area contributed by atoms with Crippen molar-refractivity contribution < 1.29 is 0 Å². The van der Waals surface area contributed by atoms with Crippen molar-refractivity contribution in [3.63, 3.8) is 0 Å². The van der Waals surface area contributed by atoms with Gasteiger partial charge in [-0.1, -0.05) is 19.4 Å². The first kappa shape index (κ1) is 15.8. The highest BCUT2D eigenvalue weighted by Gasteiger charge is 2.36. The van der Waals surface area contributed by atoms with Crippen LogP contribution in [0.15, 0.2) is 22.5 Å². The van der Waals surface area contributed by atoms with Crippen LogP contribution in [-0.4, -0.2) is 19.0 Å². The number of hydrogen-bond donors (Lipinski definition) is 2. The van der Waals surface area contributed by atoms with Crippen molar-refractivity contribution in [2.45, 2.75) is 38.8 Å². The van der Waals surface area contributed by atoms with E-state index >= 15 is 0 Å². The lowest BCUT2D eigenvalue weighted by molar-refractivity contribution is 0.655. The minimum Gasteiger partial charge on any atom is -0.353 e. The highest BCUT2D eigenvalue weighted by molar-refractivity contribution is 14.0. The van der Waals surface area contributed by atoms with Gasteiger partial charge < -0.3 is 10.6 Å². The van der Waals surface area contributed by atoms with Gasteiger partial charge in [-0.15, -0.1) is 35.3 Å². The maximum Gasteiger partial charge on any atom is 0.191 e. The predicted octanol–water partition coefficient (Wildman–Crippen LogP) is 3.22. The third-order valence-electron chi connectivity index (χ3n) is 3.14. The molecule has 0 aromatic carbocycles. The van der Waals surface area contributed by atoms with E-state index in [2.05, 4.69) is 40.1 Å². The number of nitrogens with one attached hydrogen (secondary N) is 2. The van der Waals surface area contributed by atoms with Gasteiger partial charge in [-0.3, -0.25) is 4.99 Å². The van der Waals surface area contributed by atoms with Gasteiger partial charge in [0.2, 0.25) is 0 Å². The lowest BCUT2D eigenvalue weighted by Crippen LogP contribution is -2.38. The molecule has 0 aliphatic heterocycles. The predicted molar refractivity (Wildman–Crippen MR) is 89.9 cm³/mol. The number of hydrogen-bond acceptors (Lipinski definition) is 2. The standard InChI is InChI=1S/C13H21N3S.HI/c1-3-5-10-8-12(10)16-13(14-2)15-9-11-6-4-7-17-11;/h4,6-7,10,12H,3,5,8-9H2,1-2H3,(H2,14,15,16);1H. The molecule has 1 aromatic rings. The molecule has 1 aromatic heterocycles. The van der Waals surface area contributed by atoms with Crippen LogP contribution >= 0.6 is 35.3 Å². The van der Waals surface area contributed by atoms with Crippen molar-refractivity contribution >= 4 is 41.3 Å². The maximum atomic E-state index is 4.26. The molecule has 1 saturated carbocycles. The number of nitrogens with zero attached hydrogens (tertiary/aromatic N) is 1. The van der Waals surface area contributed by atoms with Gasteiger partial charge >= 0.3 is 0 Å². The monoisotopic (exact) mass is 379 g/mol. The van der Waals surface area contributed by atoms with Crippen molar-refractivity contribution in [1.82, 2.24) is 10.6 Å². The van der Waals surface area contributed by atoms with E-state index in [0.29, 0.717) is 6.04 Å². The average Bonchev–Trinajstić information content (AvgIpc) is 2.86. The Bertz CT molecular complexity index is 364. The fourth-order valence-electron chi connectivity index (χ4n) is 2.07. The van der Waals surface area contributed by atoms with Gasteiger partial charge in [-0.25, -0.2) is 0 Å². The van der Waals surface area contributed by atoms with E-state index in [1.807, 2.05) is 7.05 Å². The first-order valence-corrected chi connectivity index (χ1v) is 7.21. The van der Waals surface area contributed by atoms with Crippen LogP contribution < -0.4 is 10.6 Å². The van der Waals surface area contributed by atoms with Crippen molar-refractivity contribution in [2.75, 3.05) is 7.05 Å². The van der Waals surface area contributed by atoms with Crippen LogP contribution in [0.25, 0.3) is 0 Å². The molecule has 2 unspecified atom stereocenters. The molecule has 1 aliphatic rings. The highest BCUT2D eigenvalue weighted by atomic mass is 127. The molecule has 3 nitrogen and oxygen atoms in total. The quantitative estimate of drug-likeness (QED) is 0.468. The van der Waals surface area contributed by atoms with E-state index in [1.54, 1.807) is 11.3 Å². The summed E-state index contributed by atoms with van der Waals surface area (Å²) in [5, 5.41) is 8.94. The number of halogens is 1. The Morgan fingerprint density at radius 2 is 2.39 bits per heavy atom. The largest absolute Gasteiger partial charge is 0.353 e. The zero-order chi connectivity index (χ0) is 12.1. The SMILES string of the molecule is CCCC1CC1NC(=NC)NCc1cccs1.I. The molecular formula is C13H22IN3S.